The maximum atomic E-state index is 14.5. The second kappa shape index (κ2) is 4.77. The first-order valence-electron chi connectivity index (χ1n) is 6.17. The quantitative estimate of drug-likeness (QED) is 0.915. The molecule has 0 fully saturated rings. The van der Waals surface area contributed by atoms with E-state index in [-0.39, 0.29) is 28.2 Å². The van der Waals surface area contributed by atoms with Crippen LogP contribution in [0.4, 0.5) is 10.2 Å². The Morgan fingerprint density at radius 3 is 2.30 bits per heavy atom. The van der Waals surface area contributed by atoms with Crippen LogP contribution in [0.15, 0.2) is 6.07 Å². The van der Waals surface area contributed by atoms with Gasteiger partial charge in [-0.3, -0.25) is 0 Å². The van der Waals surface area contributed by atoms with Crippen LogP contribution in [0.2, 0.25) is 0 Å². The first-order chi connectivity index (χ1) is 9.29. The van der Waals surface area contributed by atoms with Gasteiger partial charge in [-0.2, -0.15) is 0 Å². The minimum Gasteiger partial charge on any atom is -0.493 e. The van der Waals surface area contributed by atoms with Crippen LogP contribution in [0.5, 0.6) is 11.5 Å². The third-order valence-electron chi connectivity index (χ3n) is 2.98. The number of halogens is 1. The topological polar surface area (TPSA) is 70.3 Å². The number of benzene rings is 1. The van der Waals surface area contributed by atoms with Crippen molar-refractivity contribution in [2.75, 3.05) is 20.0 Å². The predicted molar refractivity (Wildman–Crippen MR) is 75.7 cm³/mol. The monoisotopic (exact) mass is 279 g/mol. The van der Waals surface area contributed by atoms with Gasteiger partial charge in [0.15, 0.2) is 17.3 Å². The summed E-state index contributed by atoms with van der Waals surface area (Å²) in [7, 11) is 2.81. The maximum Gasteiger partial charge on any atom is 0.199 e. The zero-order valence-electron chi connectivity index (χ0n) is 12.2. The van der Waals surface area contributed by atoms with Crippen molar-refractivity contribution in [2.24, 2.45) is 0 Å². The number of nitrogen functional groups attached to an aromatic ring is 1. The minimum atomic E-state index is -0.596. The number of anilines is 1. The molecule has 0 saturated heterocycles. The smallest absolute Gasteiger partial charge is 0.199 e. The van der Waals surface area contributed by atoms with E-state index >= 15 is 0 Å². The van der Waals surface area contributed by atoms with Crippen molar-refractivity contribution in [2.45, 2.75) is 26.2 Å². The molecule has 2 N–H and O–H groups in total. The molecule has 2 aromatic rings. The van der Waals surface area contributed by atoms with E-state index in [4.69, 9.17) is 15.2 Å². The van der Waals surface area contributed by atoms with E-state index in [9.17, 15) is 4.39 Å². The predicted octanol–water partition coefficient (Wildman–Crippen LogP) is 2.67. The number of nitrogens with two attached hydrogens (primary N) is 1. The molecule has 0 aliphatic rings. The van der Waals surface area contributed by atoms with Crippen molar-refractivity contribution in [3.05, 3.63) is 17.7 Å². The Morgan fingerprint density at radius 1 is 1.15 bits per heavy atom. The van der Waals surface area contributed by atoms with Crippen LogP contribution in [-0.4, -0.2) is 24.2 Å². The van der Waals surface area contributed by atoms with E-state index in [1.165, 1.54) is 14.2 Å². The van der Waals surface area contributed by atoms with Gasteiger partial charge in [-0.05, 0) is 6.07 Å². The van der Waals surface area contributed by atoms with E-state index in [0.29, 0.717) is 11.2 Å². The summed E-state index contributed by atoms with van der Waals surface area (Å²) in [4.78, 5) is 8.54. The van der Waals surface area contributed by atoms with Crippen molar-refractivity contribution in [3.8, 4) is 11.5 Å². The number of fused-ring (bicyclic) bond motifs is 1. The van der Waals surface area contributed by atoms with Gasteiger partial charge in [-0.15, -0.1) is 0 Å². The molecule has 108 valence electrons. The van der Waals surface area contributed by atoms with Crippen LogP contribution in [0, 0.1) is 5.82 Å². The van der Waals surface area contributed by atoms with E-state index in [1.54, 1.807) is 6.07 Å². The summed E-state index contributed by atoms with van der Waals surface area (Å²) >= 11 is 0. The Hall–Kier alpha value is -2.11. The molecule has 0 aliphatic carbocycles. The van der Waals surface area contributed by atoms with Crippen molar-refractivity contribution in [3.63, 3.8) is 0 Å². The zero-order valence-corrected chi connectivity index (χ0v) is 12.2. The molecular weight excluding hydrogens is 261 g/mol. The van der Waals surface area contributed by atoms with Gasteiger partial charge in [0, 0.05) is 10.8 Å². The number of hydrogen-bond donors (Lipinski definition) is 1. The molecule has 1 aromatic heterocycles. The summed E-state index contributed by atoms with van der Waals surface area (Å²) in [5.41, 5.74) is 5.73. The number of ether oxygens (including phenoxy) is 2. The molecule has 0 saturated carbocycles. The molecule has 20 heavy (non-hydrogen) atoms. The van der Waals surface area contributed by atoms with E-state index < -0.39 is 5.82 Å². The van der Waals surface area contributed by atoms with Gasteiger partial charge in [0.1, 0.15) is 17.2 Å². The van der Waals surface area contributed by atoms with Crippen LogP contribution in [0.1, 0.15) is 26.6 Å². The average molecular weight is 279 g/mol. The van der Waals surface area contributed by atoms with Crippen molar-refractivity contribution in [1.29, 1.82) is 0 Å². The number of rotatable bonds is 2. The minimum absolute atomic E-state index is 0.0120. The SMILES string of the molecule is COc1cc2c(N)nc(C(C)(C)C)nc2c(F)c1OC. The molecule has 1 heterocycles. The fourth-order valence-electron chi connectivity index (χ4n) is 1.89. The number of aromatic nitrogens is 2. The van der Waals surface area contributed by atoms with Gasteiger partial charge in [-0.25, -0.2) is 14.4 Å². The summed E-state index contributed by atoms with van der Waals surface area (Å²) in [6.07, 6.45) is 0. The highest BCUT2D eigenvalue weighted by Gasteiger charge is 2.23. The largest absolute Gasteiger partial charge is 0.493 e. The van der Waals surface area contributed by atoms with Crippen LogP contribution in [0.3, 0.4) is 0 Å². The lowest BCUT2D eigenvalue weighted by atomic mass is 9.95. The summed E-state index contributed by atoms with van der Waals surface area (Å²) in [5.74, 6) is 0.379. The Bertz CT molecular complexity index is 666. The second-order valence-corrected chi connectivity index (χ2v) is 5.50. The molecule has 0 atom stereocenters. The molecule has 0 spiro atoms. The van der Waals surface area contributed by atoms with Gasteiger partial charge in [0.25, 0.3) is 0 Å². The molecule has 6 heteroatoms. The van der Waals surface area contributed by atoms with Crippen LogP contribution < -0.4 is 15.2 Å². The lowest BCUT2D eigenvalue weighted by Crippen LogP contribution is -2.17. The summed E-state index contributed by atoms with van der Waals surface area (Å²) in [6, 6.07) is 1.58. The zero-order chi connectivity index (χ0) is 15.1. The first-order valence-corrected chi connectivity index (χ1v) is 6.17. The lowest BCUT2D eigenvalue weighted by molar-refractivity contribution is 0.339. The standard InChI is InChI=1S/C14H18FN3O2/c1-14(2,3)13-17-10-7(12(16)18-13)6-8(19-4)11(20-5)9(10)15/h6H,1-5H3,(H2,16,17,18). The Balaban J connectivity index is 2.86. The van der Waals surface area contributed by atoms with Crippen molar-refractivity contribution >= 4 is 16.7 Å². The van der Waals surface area contributed by atoms with Crippen molar-refractivity contribution < 1.29 is 13.9 Å². The molecule has 0 amide bonds. The molecular formula is C14H18FN3O2. The molecule has 1 aromatic carbocycles. The molecule has 5 nitrogen and oxygen atoms in total. The highest BCUT2D eigenvalue weighted by molar-refractivity contribution is 5.91. The summed E-state index contributed by atoms with van der Waals surface area (Å²) < 4.78 is 24.7. The van der Waals surface area contributed by atoms with Crippen molar-refractivity contribution in [1.82, 2.24) is 9.97 Å². The Labute approximate surface area is 116 Å². The van der Waals surface area contributed by atoms with Crippen LogP contribution in [-0.2, 0) is 5.41 Å². The fourth-order valence-corrected chi connectivity index (χ4v) is 1.89. The van der Waals surface area contributed by atoms with Gasteiger partial charge >= 0.3 is 0 Å². The second-order valence-electron chi connectivity index (χ2n) is 5.50. The summed E-state index contributed by atoms with van der Waals surface area (Å²) in [6.45, 7) is 5.81. The third-order valence-corrected chi connectivity index (χ3v) is 2.98. The Morgan fingerprint density at radius 2 is 1.80 bits per heavy atom. The summed E-state index contributed by atoms with van der Waals surface area (Å²) in [5, 5.41) is 0.410. The average Bonchev–Trinajstić information content (AvgIpc) is 2.37. The highest BCUT2D eigenvalue weighted by Crippen LogP contribution is 2.37. The van der Waals surface area contributed by atoms with E-state index in [2.05, 4.69) is 9.97 Å². The van der Waals surface area contributed by atoms with Gasteiger partial charge in [-0.1, -0.05) is 20.8 Å². The number of hydrogen-bond acceptors (Lipinski definition) is 5. The normalized spacial score (nSPS) is 11.7. The lowest BCUT2D eigenvalue weighted by Gasteiger charge is -2.18. The third kappa shape index (κ3) is 2.21. The van der Waals surface area contributed by atoms with E-state index in [0.717, 1.165) is 0 Å². The molecule has 0 bridgehead atoms. The molecule has 0 radical (unpaired) electrons. The van der Waals surface area contributed by atoms with Gasteiger partial charge in [0.2, 0.25) is 0 Å². The maximum absolute atomic E-state index is 14.5. The van der Waals surface area contributed by atoms with Gasteiger partial charge in [0.05, 0.1) is 14.2 Å². The highest BCUT2D eigenvalue weighted by atomic mass is 19.1. The molecule has 0 unspecified atom stereocenters. The molecule has 2 rings (SSSR count). The Kier molecular flexibility index (Phi) is 3.41. The number of nitrogens with zero attached hydrogens (tertiary/aromatic N) is 2. The molecule has 0 aliphatic heterocycles. The first kappa shape index (κ1) is 14.3. The fraction of sp³-hybridized carbons (Fsp3) is 0.429. The number of methoxy groups -OCH3 is 2. The van der Waals surface area contributed by atoms with E-state index in [1.807, 2.05) is 20.8 Å². The van der Waals surface area contributed by atoms with Crippen LogP contribution >= 0.6 is 0 Å². The van der Waals surface area contributed by atoms with Gasteiger partial charge < -0.3 is 15.2 Å². The van der Waals surface area contributed by atoms with Crippen LogP contribution in [0.25, 0.3) is 10.9 Å².